The Bertz CT molecular complexity index is 1020. The molecule has 0 unspecified atom stereocenters. The molecule has 0 spiro atoms. The zero-order chi connectivity index (χ0) is 26.2. The molecule has 1 saturated heterocycles. The molecule has 2 aromatic rings. The van der Waals surface area contributed by atoms with Crippen LogP contribution in [0.1, 0.15) is 61.1 Å². The Morgan fingerprint density at radius 1 is 1.22 bits per heavy atom. The predicted molar refractivity (Wildman–Crippen MR) is 142 cm³/mol. The minimum atomic E-state index is -0.327. The van der Waals surface area contributed by atoms with Crippen LogP contribution in [0, 0.1) is 19.7 Å². The molecule has 1 aliphatic heterocycles. The van der Waals surface area contributed by atoms with Gasteiger partial charge in [-0.25, -0.2) is 14.2 Å². The Hall–Kier alpha value is -2.71. The van der Waals surface area contributed by atoms with E-state index < -0.39 is 0 Å². The van der Waals surface area contributed by atoms with Crippen molar-refractivity contribution >= 4 is 29.2 Å². The number of amides is 3. The molecule has 1 aromatic heterocycles. The van der Waals surface area contributed by atoms with E-state index in [0.717, 1.165) is 44.3 Å². The molecule has 2 heterocycles. The third kappa shape index (κ3) is 7.40. The third-order valence-electron chi connectivity index (χ3n) is 6.83. The van der Waals surface area contributed by atoms with Crippen LogP contribution in [0.25, 0.3) is 0 Å². The van der Waals surface area contributed by atoms with E-state index in [1.807, 2.05) is 11.8 Å². The van der Waals surface area contributed by atoms with Gasteiger partial charge in [0.1, 0.15) is 11.0 Å². The number of benzene rings is 1. The number of likely N-dealkylation sites (tertiary alicyclic amines) is 1. The lowest BCUT2D eigenvalue weighted by Crippen LogP contribution is -2.51. The summed E-state index contributed by atoms with van der Waals surface area (Å²) in [7, 11) is 0. The maximum Gasteiger partial charge on any atom is 0.322 e. The lowest BCUT2D eigenvalue weighted by molar-refractivity contribution is 0.0925. The van der Waals surface area contributed by atoms with Crippen LogP contribution >= 0.6 is 11.6 Å². The number of nitrogens with zero attached hydrogens (tertiary/aromatic N) is 3. The van der Waals surface area contributed by atoms with Gasteiger partial charge in [-0.3, -0.25) is 4.79 Å². The highest BCUT2D eigenvalue weighted by atomic mass is 35.5. The fourth-order valence-corrected chi connectivity index (χ4v) is 5.14. The lowest BCUT2D eigenvalue weighted by atomic mass is 10.0. The van der Waals surface area contributed by atoms with Crippen molar-refractivity contribution in [3.63, 3.8) is 0 Å². The van der Waals surface area contributed by atoms with Gasteiger partial charge in [0.25, 0.3) is 5.91 Å². The zero-order valence-corrected chi connectivity index (χ0v) is 22.4. The Balaban J connectivity index is 1.47. The fraction of sp³-hybridized carbons (Fsp3) is 0.519. The van der Waals surface area contributed by atoms with Gasteiger partial charge >= 0.3 is 6.03 Å². The summed E-state index contributed by atoms with van der Waals surface area (Å²) in [4.78, 5) is 34.2. The van der Waals surface area contributed by atoms with E-state index in [0.29, 0.717) is 41.2 Å². The van der Waals surface area contributed by atoms with Crippen LogP contribution in [0.4, 0.5) is 14.9 Å². The average molecular weight is 518 g/mol. The molecule has 3 amide bonds. The molecule has 1 aliphatic rings. The summed E-state index contributed by atoms with van der Waals surface area (Å²) in [6, 6.07) is 7.88. The summed E-state index contributed by atoms with van der Waals surface area (Å²) in [6.07, 6.45) is 3.49. The molecule has 7 nitrogen and oxygen atoms in total. The fourth-order valence-electron chi connectivity index (χ4n) is 4.85. The number of rotatable bonds is 9. The summed E-state index contributed by atoms with van der Waals surface area (Å²) in [5, 5.41) is 6.32. The van der Waals surface area contributed by atoms with Gasteiger partial charge < -0.3 is 20.4 Å². The van der Waals surface area contributed by atoms with Crippen molar-refractivity contribution in [2.24, 2.45) is 0 Å². The topological polar surface area (TPSA) is 77.6 Å². The van der Waals surface area contributed by atoms with E-state index in [-0.39, 0.29) is 23.8 Å². The number of carbonyl (C=O) groups excluding carboxylic acids is 2. The Kier molecular flexibility index (Phi) is 10.1. The summed E-state index contributed by atoms with van der Waals surface area (Å²) >= 11 is 5.98. The second-order valence-electron chi connectivity index (χ2n) is 9.51. The number of hydrogen-bond donors (Lipinski definition) is 2. The number of aromatic nitrogens is 1. The maximum absolute atomic E-state index is 13.2. The smallest absolute Gasteiger partial charge is 0.322 e. The molecule has 3 rings (SSSR count). The minimum absolute atomic E-state index is 0.123. The third-order valence-corrected chi connectivity index (χ3v) is 7.02. The van der Waals surface area contributed by atoms with Crippen LogP contribution in [0.3, 0.4) is 0 Å². The van der Waals surface area contributed by atoms with E-state index in [1.165, 1.54) is 12.1 Å². The van der Waals surface area contributed by atoms with Crippen molar-refractivity contribution in [1.29, 1.82) is 0 Å². The Morgan fingerprint density at radius 3 is 2.50 bits per heavy atom. The van der Waals surface area contributed by atoms with Crippen LogP contribution in [0.15, 0.2) is 30.3 Å². The van der Waals surface area contributed by atoms with E-state index in [1.54, 1.807) is 25.1 Å². The molecule has 0 aliphatic carbocycles. The number of halogens is 2. The first-order valence-corrected chi connectivity index (χ1v) is 13.1. The van der Waals surface area contributed by atoms with Crippen LogP contribution < -0.4 is 10.6 Å². The molecule has 1 atom stereocenters. The molecule has 1 aromatic carbocycles. The van der Waals surface area contributed by atoms with Crippen molar-refractivity contribution in [2.45, 2.75) is 65.5 Å². The maximum atomic E-state index is 13.2. The molecule has 1 fully saturated rings. The highest BCUT2D eigenvalue weighted by Crippen LogP contribution is 2.21. The van der Waals surface area contributed by atoms with Crippen LogP contribution in [-0.4, -0.2) is 65.0 Å². The number of urea groups is 1. The first-order chi connectivity index (χ1) is 17.2. The van der Waals surface area contributed by atoms with E-state index in [2.05, 4.69) is 34.4 Å². The van der Waals surface area contributed by atoms with E-state index >= 15 is 0 Å². The van der Waals surface area contributed by atoms with E-state index in [9.17, 15) is 14.0 Å². The Labute approximate surface area is 218 Å². The quantitative estimate of drug-likeness (QED) is 0.436. The normalized spacial score (nSPS) is 15.4. The second kappa shape index (κ2) is 13.0. The number of nitrogens with one attached hydrogen (secondary N) is 2. The van der Waals surface area contributed by atoms with E-state index in [4.69, 9.17) is 11.6 Å². The van der Waals surface area contributed by atoms with Gasteiger partial charge in [0.05, 0.1) is 11.3 Å². The van der Waals surface area contributed by atoms with Gasteiger partial charge in [-0.2, -0.15) is 0 Å². The molecular formula is C27H37ClFN5O2. The summed E-state index contributed by atoms with van der Waals surface area (Å²) in [5.74, 6) is -0.450. The van der Waals surface area contributed by atoms with Crippen molar-refractivity contribution in [1.82, 2.24) is 20.1 Å². The molecule has 196 valence electrons. The molecule has 2 N–H and O–H groups in total. The number of aryl methyl sites for hydroxylation is 2. The number of anilines is 1. The van der Waals surface area contributed by atoms with Crippen LogP contribution in [0.5, 0.6) is 0 Å². The van der Waals surface area contributed by atoms with Gasteiger partial charge in [-0.1, -0.05) is 18.5 Å². The number of hydrogen-bond acceptors (Lipinski definition) is 4. The highest BCUT2D eigenvalue weighted by Gasteiger charge is 2.29. The molecule has 9 heteroatoms. The summed E-state index contributed by atoms with van der Waals surface area (Å²) in [6.45, 7) is 10.9. The summed E-state index contributed by atoms with van der Waals surface area (Å²) < 4.78 is 13.2. The SMILES string of the molecule is CCCN(C(=O)Nc1ccc(F)cc1)C1CCN([C@H](C)CCNC(=O)c2c(C)cc(Cl)nc2C)CC1. The second-order valence-corrected chi connectivity index (χ2v) is 9.90. The van der Waals surface area contributed by atoms with Gasteiger partial charge in [-0.05, 0) is 82.3 Å². The molecular weight excluding hydrogens is 481 g/mol. The predicted octanol–water partition coefficient (Wildman–Crippen LogP) is 5.41. The van der Waals surface area contributed by atoms with Crippen molar-refractivity contribution in [3.05, 3.63) is 58.1 Å². The molecule has 0 saturated carbocycles. The van der Waals surface area contributed by atoms with Crippen molar-refractivity contribution in [2.75, 3.05) is 31.5 Å². The van der Waals surface area contributed by atoms with Crippen LogP contribution in [0.2, 0.25) is 5.15 Å². The van der Waals surface area contributed by atoms with Crippen molar-refractivity contribution < 1.29 is 14.0 Å². The monoisotopic (exact) mass is 517 g/mol. The van der Waals surface area contributed by atoms with Gasteiger partial charge in [0.2, 0.25) is 0 Å². The molecule has 0 bridgehead atoms. The Morgan fingerprint density at radius 2 is 1.89 bits per heavy atom. The minimum Gasteiger partial charge on any atom is -0.352 e. The number of pyridine rings is 1. The van der Waals surface area contributed by atoms with Crippen LogP contribution in [-0.2, 0) is 0 Å². The summed E-state index contributed by atoms with van der Waals surface area (Å²) in [5.41, 5.74) is 2.63. The number of carbonyl (C=O) groups is 2. The molecule has 0 radical (unpaired) electrons. The number of piperidine rings is 1. The van der Waals surface area contributed by atoms with Gasteiger partial charge in [-0.15, -0.1) is 0 Å². The first kappa shape index (κ1) is 27.9. The zero-order valence-electron chi connectivity index (χ0n) is 21.6. The largest absolute Gasteiger partial charge is 0.352 e. The van der Waals surface area contributed by atoms with Gasteiger partial charge in [0, 0.05) is 44.0 Å². The average Bonchev–Trinajstić information content (AvgIpc) is 2.83. The van der Waals surface area contributed by atoms with Gasteiger partial charge in [0.15, 0.2) is 0 Å². The standard InChI is InChI=1S/C27H37ClFN5O2/c1-5-14-34(27(36)32-22-8-6-21(29)7-9-22)23-11-15-33(16-12-23)19(3)10-13-30-26(35)25-18(2)17-24(28)31-20(25)4/h6-9,17,19,23H,5,10-16H2,1-4H3,(H,30,35)(H,32,36)/t19-/m1/s1. The molecule has 36 heavy (non-hydrogen) atoms. The lowest BCUT2D eigenvalue weighted by Gasteiger charge is -2.40. The van der Waals surface area contributed by atoms with Crippen molar-refractivity contribution in [3.8, 4) is 0 Å². The first-order valence-electron chi connectivity index (χ1n) is 12.7. The highest BCUT2D eigenvalue weighted by molar-refractivity contribution is 6.29.